The average molecular weight is 462 g/mol. The molecule has 0 saturated carbocycles. The third-order valence-electron chi connectivity index (χ3n) is 4.94. The maximum absolute atomic E-state index is 12.8. The SMILES string of the molecule is O=C(NCc1cccc(C(F)(F)F)c1)c1csc(Nc2ccc(N3CCOCC3)cc2)n1. The minimum absolute atomic E-state index is 0.0218. The highest BCUT2D eigenvalue weighted by molar-refractivity contribution is 7.14. The molecule has 1 saturated heterocycles. The second-order valence-corrected chi connectivity index (χ2v) is 8.05. The molecule has 10 heteroatoms. The quantitative estimate of drug-likeness (QED) is 0.557. The van der Waals surface area contributed by atoms with Crippen molar-refractivity contribution in [3.63, 3.8) is 0 Å². The van der Waals surface area contributed by atoms with Crippen molar-refractivity contribution >= 4 is 33.8 Å². The van der Waals surface area contributed by atoms with Crippen LogP contribution in [0.5, 0.6) is 0 Å². The van der Waals surface area contributed by atoms with Gasteiger partial charge >= 0.3 is 6.18 Å². The van der Waals surface area contributed by atoms with Gasteiger partial charge in [-0.05, 0) is 42.0 Å². The summed E-state index contributed by atoms with van der Waals surface area (Å²) >= 11 is 1.27. The van der Waals surface area contributed by atoms with Crippen LogP contribution in [0.1, 0.15) is 21.6 Å². The summed E-state index contributed by atoms with van der Waals surface area (Å²) in [5, 5.41) is 7.93. The fourth-order valence-electron chi connectivity index (χ4n) is 3.27. The van der Waals surface area contributed by atoms with E-state index in [2.05, 4.69) is 20.5 Å². The second-order valence-electron chi connectivity index (χ2n) is 7.19. The molecule has 4 rings (SSSR count). The summed E-state index contributed by atoms with van der Waals surface area (Å²) in [5.74, 6) is -0.450. The normalized spacial score (nSPS) is 14.3. The molecule has 32 heavy (non-hydrogen) atoms. The molecule has 0 radical (unpaired) electrons. The van der Waals surface area contributed by atoms with Crippen LogP contribution in [-0.2, 0) is 17.5 Å². The van der Waals surface area contributed by atoms with Crippen molar-refractivity contribution in [2.45, 2.75) is 12.7 Å². The molecule has 1 aliphatic heterocycles. The first-order valence-corrected chi connectivity index (χ1v) is 10.9. The average Bonchev–Trinajstić information content (AvgIpc) is 3.27. The molecule has 6 nitrogen and oxygen atoms in total. The smallest absolute Gasteiger partial charge is 0.378 e. The van der Waals surface area contributed by atoms with E-state index in [1.165, 1.54) is 23.5 Å². The minimum atomic E-state index is -4.42. The maximum Gasteiger partial charge on any atom is 0.416 e. The fraction of sp³-hybridized carbons (Fsp3) is 0.273. The second kappa shape index (κ2) is 9.58. The Morgan fingerprint density at radius 2 is 1.88 bits per heavy atom. The van der Waals surface area contributed by atoms with Crippen molar-refractivity contribution < 1.29 is 22.7 Å². The van der Waals surface area contributed by atoms with Crippen LogP contribution in [0.4, 0.5) is 29.7 Å². The van der Waals surface area contributed by atoms with Gasteiger partial charge in [0.2, 0.25) is 0 Å². The summed E-state index contributed by atoms with van der Waals surface area (Å²) in [7, 11) is 0. The van der Waals surface area contributed by atoms with E-state index in [4.69, 9.17) is 4.74 Å². The Labute approximate surface area is 187 Å². The van der Waals surface area contributed by atoms with E-state index in [1.807, 2.05) is 24.3 Å². The summed E-state index contributed by atoms with van der Waals surface area (Å²) in [6, 6.07) is 12.8. The zero-order valence-electron chi connectivity index (χ0n) is 17.0. The number of anilines is 3. The van der Waals surface area contributed by atoms with Gasteiger partial charge < -0.3 is 20.3 Å². The number of nitrogens with one attached hydrogen (secondary N) is 2. The van der Waals surface area contributed by atoms with E-state index in [0.717, 1.165) is 49.8 Å². The van der Waals surface area contributed by atoms with Gasteiger partial charge in [-0.1, -0.05) is 12.1 Å². The van der Waals surface area contributed by atoms with Crippen LogP contribution in [0, 0.1) is 0 Å². The standard InChI is InChI=1S/C22H21F3N4O2S/c23-22(24,25)16-3-1-2-15(12-16)13-26-20(30)19-14-32-21(28-19)27-17-4-6-18(7-5-17)29-8-10-31-11-9-29/h1-7,12,14H,8-11,13H2,(H,26,30)(H,27,28). The first-order chi connectivity index (χ1) is 15.4. The molecular formula is C22H21F3N4O2S. The Balaban J connectivity index is 1.33. The monoisotopic (exact) mass is 462 g/mol. The van der Waals surface area contributed by atoms with Gasteiger partial charge in [0.25, 0.3) is 5.91 Å². The number of benzene rings is 2. The Bertz CT molecular complexity index is 1060. The number of rotatable bonds is 6. The number of morpholine rings is 1. The predicted octanol–water partition coefficient (Wildman–Crippen LogP) is 4.67. The van der Waals surface area contributed by atoms with Gasteiger partial charge in [-0.3, -0.25) is 4.79 Å². The molecule has 0 unspecified atom stereocenters. The molecule has 2 heterocycles. The van der Waals surface area contributed by atoms with Gasteiger partial charge in [0, 0.05) is 36.4 Å². The van der Waals surface area contributed by atoms with Crippen LogP contribution in [-0.4, -0.2) is 37.2 Å². The van der Waals surface area contributed by atoms with Crippen LogP contribution in [0.15, 0.2) is 53.9 Å². The third kappa shape index (κ3) is 5.57. The van der Waals surface area contributed by atoms with Gasteiger partial charge in [0.1, 0.15) is 5.69 Å². The molecule has 1 aromatic heterocycles. The number of halogens is 3. The molecule has 0 spiro atoms. The zero-order chi connectivity index (χ0) is 22.6. The van der Waals surface area contributed by atoms with Crippen molar-refractivity contribution in [3.05, 3.63) is 70.7 Å². The Morgan fingerprint density at radius 3 is 2.59 bits per heavy atom. The van der Waals surface area contributed by atoms with Crippen LogP contribution < -0.4 is 15.5 Å². The van der Waals surface area contributed by atoms with Crippen LogP contribution in [0.2, 0.25) is 0 Å². The Morgan fingerprint density at radius 1 is 1.12 bits per heavy atom. The number of hydrogen-bond donors (Lipinski definition) is 2. The van der Waals surface area contributed by atoms with Crippen molar-refractivity contribution in [2.75, 3.05) is 36.5 Å². The highest BCUT2D eigenvalue weighted by atomic mass is 32.1. The Hall–Kier alpha value is -3.11. The van der Waals surface area contributed by atoms with E-state index < -0.39 is 17.6 Å². The van der Waals surface area contributed by atoms with E-state index >= 15 is 0 Å². The summed E-state index contributed by atoms with van der Waals surface area (Å²) < 4.78 is 43.8. The molecule has 1 aliphatic rings. The van der Waals surface area contributed by atoms with Crippen molar-refractivity contribution in [3.8, 4) is 0 Å². The topological polar surface area (TPSA) is 66.5 Å². The largest absolute Gasteiger partial charge is 0.416 e. The number of aromatic nitrogens is 1. The summed E-state index contributed by atoms with van der Waals surface area (Å²) in [6.45, 7) is 3.14. The number of thiazole rings is 1. The predicted molar refractivity (Wildman–Crippen MR) is 117 cm³/mol. The number of carbonyl (C=O) groups excluding carboxylic acids is 1. The van der Waals surface area contributed by atoms with Crippen LogP contribution in [0.25, 0.3) is 0 Å². The minimum Gasteiger partial charge on any atom is -0.378 e. The summed E-state index contributed by atoms with van der Waals surface area (Å²) in [4.78, 5) is 18.9. The number of ether oxygens (including phenoxy) is 1. The summed E-state index contributed by atoms with van der Waals surface area (Å²) in [5.41, 5.74) is 1.78. The molecule has 0 bridgehead atoms. The lowest BCUT2D eigenvalue weighted by Gasteiger charge is -2.28. The van der Waals surface area contributed by atoms with Crippen molar-refractivity contribution in [1.82, 2.24) is 10.3 Å². The number of amides is 1. The molecule has 168 valence electrons. The van der Waals surface area contributed by atoms with Crippen molar-refractivity contribution in [1.29, 1.82) is 0 Å². The highest BCUT2D eigenvalue weighted by Crippen LogP contribution is 2.29. The first kappa shape index (κ1) is 22.1. The molecule has 0 atom stereocenters. The van der Waals surface area contributed by atoms with Gasteiger partial charge in [0.15, 0.2) is 5.13 Å². The van der Waals surface area contributed by atoms with Crippen molar-refractivity contribution in [2.24, 2.45) is 0 Å². The molecule has 0 aliphatic carbocycles. The summed E-state index contributed by atoms with van der Waals surface area (Å²) in [6.07, 6.45) is -4.42. The molecule has 3 aromatic rings. The highest BCUT2D eigenvalue weighted by Gasteiger charge is 2.30. The number of alkyl halides is 3. The van der Waals surface area contributed by atoms with Crippen LogP contribution >= 0.6 is 11.3 Å². The van der Waals surface area contributed by atoms with E-state index in [0.29, 0.717) is 10.7 Å². The van der Waals surface area contributed by atoms with Gasteiger partial charge in [-0.2, -0.15) is 13.2 Å². The third-order valence-corrected chi connectivity index (χ3v) is 5.70. The molecular weight excluding hydrogens is 441 g/mol. The lowest BCUT2D eigenvalue weighted by Crippen LogP contribution is -2.36. The van der Waals surface area contributed by atoms with E-state index in [9.17, 15) is 18.0 Å². The zero-order valence-corrected chi connectivity index (χ0v) is 17.8. The van der Waals surface area contributed by atoms with Gasteiger partial charge in [-0.15, -0.1) is 11.3 Å². The molecule has 2 aromatic carbocycles. The maximum atomic E-state index is 12.8. The van der Waals surface area contributed by atoms with Gasteiger partial charge in [-0.25, -0.2) is 4.98 Å². The lowest BCUT2D eigenvalue weighted by molar-refractivity contribution is -0.137. The number of hydrogen-bond acceptors (Lipinski definition) is 6. The van der Waals surface area contributed by atoms with E-state index in [-0.39, 0.29) is 12.2 Å². The van der Waals surface area contributed by atoms with E-state index in [1.54, 1.807) is 5.38 Å². The number of nitrogens with zero attached hydrogens (tertiary/aromatic N) is 2. The molecule has 2 N–H and O–H groups in total. The van der Waals surface area contributed by atoms with Crippen LogP contribution in [0.3, 0.4) is 0 Å². The van der Waals surface area contributed by atoms with Gasteiger partial charge in [0.05, 0.1) is 18.8 Å². The first-order valence-electron chi connectivity index (χ1n) is 9.98. The Kier molecular flexibility index (Phi) is 6.61. The molecule has 1 amide bonds. The lowest BCUT2D eigenvalue weighted by atomic mass is 10.1. The number of carbonyl (C=O) groups is 1. The fourth-order valence-corrected chi connectivity index (χ4v) is 3.98. The molecule has 1 fully saturated rings.